The summed E-state index contributed by atoms with van der Waals surface area (Å²) < 4.78 is 0. The second-order valence-corrected chi connectivity index (χ2v) is 8.29. The topological polar surface area (TPSA) is 92.3 Å². The Kier molecular flexibility index (Phi) is 5.90. The molecule has 2 atom stereocenters. The Morgan fingerprint density at radius 1 is 1.10 bits per heavy atom. The third-order valence-corrected chi connectivity index (χ3v) is 6.35. The van der Waals surface area contributed by atoms with E-state index < -0.39 is 17.9 Å². The van der Waals surface area contributed by atoms with Crippen molar-refractivity contribution in [3.8, 4) is 10.7 Å². The van der Waals surface area contributed by atoms with Crippen molar-refractivity contribution in [3.63, 3.8) is 0 Å². The van der Waals surface area contributed by atoms with Crippen molar-refractivity contribution >= 4 is 29.1 Å². The molecule has 0 spiro atoms. The minimum absolute atomic E-state index is 0.193. The fourth-order valence-electron chi connectivity index (χ4n) is 3.59. The highest BCUT2D eigenvalue weighted by Crippen LogP contribution is 2.28. The first kappa shape index (κ1) is 20.9. The molecular formula is C23H22N4O3S. The van der Waals surface area contributed by atoms with E-state index >= 15 is 0 Å². The smallest absolute Gasteiger partial charge is 0.262 e. The number of thiazole rings is 1. The number of pyridine rings is 1. The summed E-state index contributed by atoms with van der Waals surface area (Å²) in [5.74, 6) is -1.41. The van der Waals surface area contributed by atoms with Crippen molar-refractivity contribution in [1.82, 2.24) is 20.2 Å². The molecule has 0 radical (unpaired) electrons. The quantitative estimate of drug-likeness (QED) is 0.574. The van der Waals surface area contributed by atoms with Crippen LogP contribution in [0.4, 0.5) is 0 Å². The van der Waals surface area contributed by atoms with Crippen LogP contribution in [0.15, 0.2) is 54.0 Å². The number of imide groups is 1. The Labute approximate surface area is 184 Å². The fourth-order valence-corrected chi connectivity index (χ4v) is 4.39. The third-order valence-electron chi connectivity index (χ3n) is 5.43. The molecule has 3 heterocycles. The fraction of sp³-hybridized carbons (Fsp3) is 0.261. The molecule has 0 bridgehead atoms. The third kappa shape index (κ3) is 3.98. The number of hydrogen-bond acceptors (Lipinski definition) is 6. The summed E-state index contributed by atoms with van der Waals surface area (Å²) >= 11 is 1.45. The highest BCUT2D eigenvalue weighted by Gasteiger charge is 2.44. The number of hydrogen-bond donors (Lipinski definition) is 1. The summed E-state index contributed by atoms with van der Waals surface area (Å²) in [4.78, 5) is 48.9. The molecule has 0 saturated heterocycles. The van der Waals surface area contributed by atoms with Crippen molar-refractivity contribution < 1.29 is 14.4 Å². The van der Waals surface area contributed by atoms with Gasteiger partial charge >= 0.3 is 0 Å². The molecule has 0 saturated carbocycles. The highest BCUT2D eigenvalue weighted by atomic mass is 32.1. The minimum Gasteiger partial charge on any atom is -0.349 e. The maximum Gasteiger partial charge on any atom is 0.262 e. The van der Waals surface area contributed by atoms with Crippen LogP contribution in [-0.2, 0) is 11.3 Å². The molecule has 3 aromatic rings. The lowest BCUT2D eigenvalue weighted by atomic mass is 9.96. The molecule has 1 aliphatic rings. The van der Waals surface area contributed by atoms with Gasteiger partial charge < -0.3 is 5.32 Å². The van der Waals surface area contributed by atoms with Gasteiger partial charge in [0.2, 0.25) is 5.91 Å². The molecule has 1 aliphatic heterocycles. The summed E-state index contributed by atoms with van der Waals surface area (Å²) in [6, 6.07) is 11.4. The van der Waals surface area contributed by atoms with Gasteiger partial charge in [0, 0.05) is 11.6 Å². The van der Waals surface area contributed by atoms with Crippen LogP contribution in [-0.4, -0.2) is 38.6 Å². The summed E-state index contributed by atoms with van der Waals surface area (Å²) in [6.45, 7) is 4.01. The van der Waals surface area contributed by atoms with Gasteiger partial charge in [0.25, 0.3) is 11.8 Å². The first-order chi connectivity index (χ1) is 15.0. The number of carbonyl (C=O) groups excluding carboxylic acids is 3. The van der Waals surface area contributed by atoms with Crippen LogP contribution >= 0.6 is 11.3 Å². The second kappa shape index (κ2) is 8.77. The molecule has 0 fully saturated rings. The maximum atomic E-state index is 13.1. The van der Waals surface area contributed by atoms with Gasteiger partial charge in [0.05, 0.1) is 29.1 Å². The zero-order chi connectivity index (χ0) is 22.0. The lowest BCUT2D eigenvalue weighted by Crippen LogP contribution is -2.52. The van der Waals surface area contributed by atoms with Crippen LogP contribution in [0.3, 0.4) is 0 Å². The van der Waals surface area contributed by atoms with E-state index in [9.17, 15) is 14.4 Å². The van der Waals surface area contributed by atoms with Gasteiger partial charge in [-0.15, -0.1) is 11.3 Å². The van der Waals surface area contributed by atoms with E-state index in [2.05, 4.69) is 15.3 Å². The first-order valence-corrected chi connectivity index (χ1v) is 11.0. The van der Waals surface area contributed by atoms with Crippen molar-refractivity contribution in [3.05, 3.63) is 70.9 Å². The molecule has 31 heavy (non-hydrogen) atoms. The van der Waals surface area contributed by atoms with Crippen LogP contribution in [0, 0.1) is 5.92 Å². The number of carbonyl (C=O) groups is 3. The van der Waals surface area contributed by atoms with Gasteiger partial charge in [0.15, 0.2) is 0 Å². The highest BCUT2D eigenvalue weighted by molar-refractivity contribution is 7.13. The zero-order valence-corrected chi connectivity index (χ0v) is 18.1. The number of fused-ring (bicyclic) bond motifs is 1. The predicted octanol–water partition coefficient (Wildman–Crippen LogP) is 3.53. The van der Waals surface area contributed by atoms with E-state index in [0.717, 1.165) is 15.6 Å². The standard InChI is InChI=1S/C23H22N4O3S/c1-3-14(2)19(27-22(29)16-8-4-5-9-17(16)23(27)30)20(28)25-12-15-13-31-21(26-15)18-10-6-7-11-24-18/h4-11,13-14,19H,3,12H2,1-2H3,(H,25,28). The maximum absolute atomic E-state index is 13.1. The summed E-state index contributed by atoms with van der Waals surface area (Å²) in [7, 11) is 0. The van der Waals surface area contributed by atoms with Gasteiger partial charge in [-0.2, -0.15) is 0 Å². The van der Waals surface area contributed by atoms with E-state index in [0.29, 0.717) is 23.2 Å². The van der Waals surface area contributed by atoms with E-state index in [1.807, 2.05) is 37.4 Å². The van der Waals surface area contributed by atoms with Gasteiger partial charge in [-0.1, -0.05) is 38.5 Å². The van der Waals surface area contributed by atoms with Crippen LogP contribution in [0.2, 0.25) is 0 Å². The summed E-state index contributed by atoms with van der Waals surface area (Å²) in [5.41, 5.74) is 2.15. The second-order valence-electron chi connectivity index (χ2n) is 7.43. The number of nitrogens with zero attached hydrogens (tertiary/aromatic N) is 3. The van der Waals surface area contributed by atoms with Gasteiger partial charge in [0.1, 0.15) is 11.0 Å². The predicted molar refractivity (Wildman–Crippen MR) is 117 cm³/mol. The average molecular weight is 435 g/mol. The van der Waals surface area contributed by atoms with E-state index in [1.54, 1.807) is 30.5 Å². The molecule has 1 aromatic carbocycles. The molecule has 0 aliphatic carbocycles. The minimum atomic E-state index is -0.883. The number of amides is 3. The van der Waals surface area contributed by atoms with Crippen LogP contribution in [0.25, 0.3) is 10.7 Å². The Morgan fingerprint density at radius 3 is 2.39 bits per heavy atom. The van der Waals surface area contributed by atoms with Gasteiger partial charge in [-0.3, -0.25) is 24.3 Å². The van der Waals surface area contributed by atoms with E-state index in [1.165, 1.54) is 11.3 Å². The SMILES string of the molecule is CCC(C)C(C(=O)NCc1csc(-c2ccccn2)n1)N1C(=O)c2ccccc2C1=O. The first-order valence-electron chi connectivity index (χ1n) is 10.1. The number of rotatable bonds is 7. The molecule has 8 heteroatoms. The van der Waals surface area contributed by atoms with Crippen molar-refractivity contribution in [2.24, 2.45) is 5.92 Å². The molecule has 4 rings (SSSR count). The lowest BCUT2D eigenvalue weighted by molar-refractivity contribution is -0.126. The Hall–Kier alpha value is -3.39. The van der Waals surface area contributed by atoms with E-state index in [-0.39, 0.29) is 18.4 Å². The molecule has 2 unspecified atom stereocenters. The summed E-state index contributed by atoms with van der Waals surface area (Å²) in [6.07, 6.45) is 2.35. The van der Waals surface area contributed by atoms with E-state index in [4.69, 9.17) is 0 Å². The molecule has 2 aromatic heterocycles. The van der Waals surface area contributed by atoms with Crippen molar-refractivity contribution in [1.29, 1.82) is 0 Å². The number of benzene rings is 1. The summed E-state index contributed by atoms with van der Waals surface area (Å²) in [5, 5.41) is 5.50. The normalized spacial score (nSPS) is 15.0. The zero-order valence-electron chi connectivity index (χ0n) is 17.2. The Morgan fingerprint density at radius 2 is 1.77 bits per heavy atom. The van der Waals surface area contributed by atoms with Crippen LogP contribution in [0.1, 0.15) is 46.7 Å². The van der Waals surface area contributed by atoms with Crippen LogP contribution in [0.5, 0.6) is 0 Å². The van der Waals surface area contributed by atoms with Gasteiger partial charge in [-0.05, 0) is 30.2 Å². The molecule has 158 valence electrons. The molecular weight excluding hydrogens is 412 g/mol. The van der Waals surface area contributed by atoms with Crippen molar-refractivity contribution in [2.75, 3.05) is 0 Å². The lowest BCUT2D eigenvalue weighted by Gasteiger charge is -2.29. The Bertz CT molecular complexity index is 1090. The molecule has 3 amide bonds. The largest absolute Gasteiger partial charge is 0.349 e. The monoisotopic (exact) mass is 434 g/mol. The molecule has 1 N–H and O–H groups in total. The van der Waals surface area contributed by atoms with Gasteiger partial charge in [-0.25, -0.2) is 4.98 Å². The molecule has 7 nitrogen and oxygen atoms in total. The number of nitrogens with one attached hydrogen (secondary N) is 1. The Balaban J connectivity index is 1.51. The van der Waals surface area contributed by atoms with Crippen LogP contribution < -0.4 is 5.32 Å². The van der Waals surface area contributed by atoms with Crippen molar-refractivity contribution in [2.45, 2.75) is 32.9 Å². The number of aromatic nitrogens is 2. The average Bonchev–Trinajstić information content (AvgIpc) is 3.38.